The Morgan fingerprint density at radius 1 is 1.32 bits per heavy atom. The molecular weight excluding hydrogens is 244 g/mol. The third kappa shape index (κ3) is 4.54. The fourth-order valence-corrected chi connectivity index (χ4v) is 2.10. The minimum absolute atomic E-state index is 0.0594. The predicted molar refractivity (Wildman–Crippen MR) is 72.6 cm³/mol. The summed E-state index contributed by atoms with van der Waals surface area (Å²) < 4.78 is 10.4. The molecule has 0 aliphatic carbocycles. The van der Waals surface area contributed by atoms with Crippen LogP contribution < -0.4 is 15.0 Å². The maximum atomic E-state index is 11.8. The number of hydrogen-bond donors (Lipinski definition) is 2. The summed E-state index contributed by atoms with van der Waals surface area (Å²) in [6.07, 6.45) is 0.543. The summed E-state index contributed by atoms with van der Waals surface area (Å²) in [5.41, 5.74) is 0.808. The number of carbonyl (C=O) groups is 1. The van der Waals surface area contributed by atoms with Crippen molar-refractivity contribution < 1.29 is 19.2 Å². The van der Waals surface area contributed by atoms with Gasteiger partial charge >= 0.3 is 0 Å². The van der Waals surface area contributed by atoms with Crippen LogP contribution in [0.5, 0.6) is 5.75 Å². The van der Waals surface area contributed by atoms with E-state index in [1.807, 2.05) is 24.3 Å². The van der Waals surface area contributed by atoms with E-state index in [0.29, 0.717) is 6.42 Å². The van der Waals surface area contributed by atoms with Crippen molar-refractivity contribution in [3.05, 3.63) is 24.3 Å². The zero-order chi connectivity index (χ0) is 13.5. The van der Waals surface area contributed by atoms with Gasteiger partial charge in [-0.15, -0.1) is 0 Å². The van der Waals surface area contributed by atoms with Gasteiger partial charge in [0.2, 0.25) is 5.91 Å². The average molecular weight is 265 g/mol. The summed E-state index contributed by atoms with van der Waals surface area (Å²) >= 11 is 0. The molecule has 0 radical (unpaired) electrons. The second-order valence-corrected chi connectivity index (χ2v) is 4.64. The van der Waals surface area contributed by atoms with Crippen LogP contribution >= 0.6 is 0 Å². The van der Waals surface area contributed by atoms with Crippen molar-refractivity contribution >= 4 is 11.6 Å². The number of amides is 1. The molecule has 0 unspecified atom stereocenters. The number of anilines is 1. The minimum atomic E-state index is 0.0594. The van der Waals surface area contributed by atoms with E-state index >= 15 is 0 Å². The molecule has 1 amide bonds. The Kier molecular flexibility index (Phi) is 5.18. The summed E-state index contributed by atoms with van der Waals surface area (Å²) in [6.45, 7) is 4.46. The maximum absolute atomic E-state index is 11.8. The monoisotopic (exact) mass is 265 g/mol. The fraction of sp³-hybridized carbons (Fsp3) is 0.500. The van der Waals surface area contributed by atoms with E-state index in [1.54, 1.807) is 7.11 Å². The molecule has 0 bridgehead atoms. The molecular formula is C14H21N2O3+. The lowest BCUT2D eigenvalue weighted by atomic mass is 10.3. The van der Waals surface area contributed by atoms with Gasteiger partial charge in [0, 0.05) is 5.69 Å². The van der Waals surface area contributed by atoms with Crippen molar-refractivity contribution in [3.63, 3.8) is 0 Å². The lowest BCUT2D eigenvalue weighted by Gasteiger charge is -2.23. The normalized spacial score (nSPS) is 16.1. The largest absolute Gasteiger partial charge is 0.497 e. The van der Waals surface area contributed by atoms with Gasteiger partial charge in [0.05, 0.1) is 33.3 Å². The van der Waals surface area contributed by atoms with Crippen molar-refractivity contribution in [1.29, 1.82) is 0 Å². The summed E-state index contributed by atoms with van der Waals surface area (Å²) in [5, 5.41) is 2.89. The van der Waals surface area contributed by atoms with Crippen molar-refractivity contribution in [2.24, 2.45) is 0 Å². The van der Waals surface area contributed by atoms with Crippen LogP contribution in [0.4, 0.5) is 5.69 Å². The lowest BCUT2D eigenvalue weighted by molar-refractivity contribution is -0.907. The van der Waals surface area contributed by atoms with Crippen LogP contribution in [0.2, 0.25) is 0 Å². The summed E-state index contributed by atoms with van der Waals surface area (Å²) in [4.78, 5) is 13.3. The number of nitrogens with one attached hydrogen (secondary N) is 2. The second kappa shape index (κ2) is 7.11. The summed E-state index contributed by atoms with van der Waals surface area (Å²) in [6, 6.07) is 7.36. The number of benzene rings is 1. The highest BCUT2D eigenvalue weighted by Gasteiger charge is 2.15. The molecule has 2 rings (SSSR count). The van der Waals surface area contributed by atoms with Crippen LogP contribution in [0, 0.1) is 0 Å². The standard InChI is InChI=1S/C14H20N2O3/c1-18-13-4-2-12(3-5-13)15-14(17)6-7-16-8-10-19-11-9-16/h2-5H,6-11H2,1H3,(H,15,17)/p+1. The molecule has 1 fully saturated rings. The summed E-state index contributed by atoms with van der Waals surface area (Å²) in [5.74, 6) is 0.847. The number of methoxy groups -OCH3 is 1. The summed E-state index contributed by atoms with van der Waals surface area (Å²) in [7, 11) is 1.62. The van der Waals surface area contributed by atoms with Crippen LogP contribution in [0.3, 0.4) is 0 Å². The Morgan fingerprint density at radius 3 is 2.63 bits per heavy atom. The van der Waals surface area contributed by atoms with Crippen molar-refractivity contribution in [3.8, 4) is 5.75 Å². The first-order chi connectivity index (χ1) is 9.28. The number of quaternary nitrogens is 1. The Balaban J connectivity index is 1.73. The molecule has 1 heterocycles. The number of rotatable bonds is 5. The van der Waals surface area contributed by atoms with Gasteiger partial charge < -0.3 is 19.7 Å². The van der Waals surface area contributed by atoms with Crippen LogP contribution in [-0.2, 0) is 9.53 Å². The predicted octanol–water partition coefficient (Wildman–Crippen LogP) is -0.0611. The topological polar surface area (TPSA) is 52.0 Å². The number of ether oxygens (including phenoxy) is 2. The van der Waals surface area contributed by atoms with Crippen LogP contribution in [0.15, 0.2) is 24.3 Å². The molecule has 104 valence electrons. The molecule has 1 aromatic rings. The van der Waals surface area contributed by atoms with Gasteiger partial charge in [0.25, 0.3) is 0 Å². The van der Waals surface area contributed by atoms with E-state index in [4.69, 9.17) is 9.47 Å². The highest BCUT2D eigenvalue weighted by atomic mass is 16.5. The smallest absolute Gasteiger partial charge is 0.230 e. The van der Waals surface area contributed by atoms with Gasteiger partial charge in [-0.05, 0) is 24.3 Å². The minimum Gasteiger partial charge on any atom is -0.497 e. The first kappa shape index (κ1) is 13.8. The van der Waals surface area contributed by atoms with Gasteiger partial charge in [0.15, 0.2) is 0 Å². The molecule has 1 aromatic carbocycles. The Labute approximate surface area is 113 Å². The zero-order valence-corrected chi connectivity index (χ0v) is 11.3. The zero-order valence-electron chi connectivity index (χ0n) is 11.3. The SMILES string of the molecule is COc1ccc(NC(=O)CC[NH+]2CCOCC2)cc1. The Bertz CT molecular complexity index is 400. The van der Waals surface area contributed by atoms with Gasteiger partial charge in [0.1, 0.15) is 18.8 Å². The first-order valence-electron chi connectivity index (χ1n) is 6.63. The Hall–Kier alpha value is -1.59. The third-order valence-corrected chi connectivity index (χ3v) is 3.28. The van der Waals surface area contributed by atoms with Crippen molar-refractivity contribution in [2.45, 2.75) is 6.42 Å². The molecule has 0 spiro atoms. The number of morpholine rings is 1. The molecule has 2 N–H and O–H groups in total. The second-order valence-electron chi connectivity index (χ2n) is 4.64. The van der Waals surface area contributed by atoms with E-state index in [1.165, 1.54) is 4.90 Å². The van der Waals surface area contributed by atoms with Crippen molar-refractivity contribution in [1.82, 2.24) is 0 Å². The van der Waals surface area contributed by atoms with Gasteiger partial charge in [-0.1, -0.05) is 0 Å². The van der Waals surface area contributed by atoms with E-state index in [2.05, 4.69) is 5.32 Å². The number of carbonyl (C=O) groups excluding carboxylic acids is 1. The van der Waals surface area contributed by atoms with Gasteiger partial charge in [-0.2, -0.15) is 0 Å². The average Bonchev–Trinajstić information content (AvgIpc) is 2.47. The highest BCUT2D eigenvalue weighted by Crippen LogP contribution is 2.14. The van der Waals surface area contributed by atoms with Crippen LogP contribution in [0.1, 0.15) is 6.42 Å². The molecule has 0 atom stereocenters. The fourth-order valence-electron chi connectivity index (χ4n) is 2.10. The molecule has 0 saturated carbocycles. The molecule has 5 nitrogen and oxygen atoms in total. The Morgan fingerprint density at radius 2 is 2.00 bits per heavy atom. The van der Waals surface area contributed by atoms with E-state index in [-0.39, 0.29) is 5.91 Å². The molecule has 1 aliphatic heterocycles. The number of hydrogen-bond acceptors (Lipinski definition) is 3. The van der Waals surface area contributed by atoms with Gasteiger partial charge in [-0.25, -0.2) is 0 Å². The lowest BCUT2D eigenvalue weighted by Crippen LogP contribution is -3.14. The molecule has 5 heteroatoms. The molecule has 1 aliphatic rings. The van der Waals surface area contributed by atoms with E-state index in [9.17, 15) is 4.79 Å². The molecule has 0 aromatic heterocycles. The van der Waals surface area contributed by atoms with E-state index < -0.39 is 0 Å². The van der Waals surface area contributed by atoms with Gasteiger partial charge in [-0.3, -0.25) is 4.79 Å². The maximum Gasteiger partial charge on any atom is 0.230 e. The highest BCUT2D eigenvalue weighted by molar-refractivity contribution is 5.90. The van der Waals surface area contributed by atoms with Crippen molar-refractivity contribution in [2.75, 3.05) is 45.3 Å². The third-order valence-electron chi connectivity index (χ3n) is 3.28. The molecule has 19 heavy (non-hydrogen) atoms. The first-order valence-corrected chi connectivity index (χ1v) is 6.63. The van der Waals surface area contributed by atoms with E-state index in [0.717, 1.165) is 44.3 Å². The van der Waals surface area contributed by atoms with Crippen LogP contribution in [0.25, 0.3) is 0 Å². The molecule has 1 saturated heterocycles. The van der Waals surface area contributed by atoms with Crippen LogP contribution in [-0.4, -0.2) is 45.9 Å². The quantitative estimate of drug-likeness (QED) is 0.784.